The average molecular weight is 272 g/mol. The van der Waals surface area contributed by atoms with E-state index in [-0.39, 0.29) is 24.8 Å². The Morgan fingerprint density at radius 2 is 1.35 bits per heavy atom. The largest absolute Gasteiger partial charge is 0.292 e. The van der Waals surface area contributed by atoms with Gasteiger partial charge in [0, 0.05) is 24.6 Å². The van der Waals surface area contributed by atoms with E-state index in [2.05, 4.69) is 0 Å². The maximum atomic E-state index is 11.1. The number of anilines is 2. The van der Waals surface area contributed by atoms with Crippen LogP contribution in [-0.4, -0.2) is 24.8 Å². The average Bonchev–Trinajstić information content (AvgIpc) is 2.49. The lowest BCUT2D eigenvalue weighted by Crippen LogP contribution is -2.27. The first-order valence-corrected chi connectivity index (χ1v) is 6.09. The van der Waals surface area contributed by atoms with Crippen LogP contribution in [0.15, 0.2) is 48.8 Å². The van der Waals surface area contributed by atoms with Crippen LogP contribution in [0.2, 0.25) is 0 Å². The summed E-state index contributed by atoms with van der Waals surface area (Å²) in [5, 5.41) is 3.04. The van der Waals surface area contributed by atoms with E-state index >= 15 is 0 Å². The molecular weight excluding hydrogens is 260 g/mol. The Morgan fingerprint density at radius 3 is 1.75 bits per heavy atom. The molecule has 1 aromatic carbocycles. The van der Waals surface area contributed by atoms with Gasteiger partial charge in [-0.1, -0.05) is 6.07 Å². The van der Waals surface area contributed by atoms with Crippen molar-refractivity contribution in [3.8, 4) is 0 Å². The summed E-state index contributed by atoms with van der Waals surface area (Å²) in [7, 11) is 0. The molecule has 0 spiro atoms. The van der Waals surface area contributed by atoms with E-state index < -0.39 is 0 Å². The molecule has 2 aliphatic rings. The Kier molecular flexibility index (Phi) is 3.32. The Morgan fingerprint density at radius 1 is 0.850 bits per heavy atom. The third-order valence-electron chi connectivity index (χ3n) is 2.82. The van der Waals surface area contributed by atoms with E-state index in [1.54, 1.807) is 12.4 Å². The summed E-state index contributed by atoms with van der Waals surface area (Å²) < 4.78 is 0. The summed E-state index contributed by atoms with van der Waals surface area (Å²) >= 11 is 0. The Balaban J connectivity index is 1.83. The highest BCUT2D eigenvalue weighted by atomic mass is 16.7. The molecule has 2 aliphatic heterocycles. The topological polar surface area (TPSA) is 59.1 Å². The molecule has 0 radical (unpaired) electrons. The van der Waals surface area contributed by atoms with Crippen LogP contribution in [0.5, 0.6) is 0 Å². The van der Waals surface area contributed by atoms with Gasteiger partial charge in [0.25, 0.3) is 0 Å². The van der Waals surface area contributed by atoms with Gasteiger partial charge >= 0.3 is 0 Å². The second kappa shape index (κ2) is 5.28. The van der Waals surface area contributed by atoms with Crippen molar-refractivity contribution >= 4 is 22.9 Å². The molecule has 0 bridgehead atoms. The van der Waals surface area contributed by atoms with Gasteiger partial charge in [0.05, 0.1) is 11.4 Å². The van der Waals surface area contributed by atoms with Crippen LogP contribution in [0.4, 0.5) is 11.4 Å². The van der Waals surface area contributed by atoms with Crippen molar-refractivity contribution in [2.45, 2.75) is 0 Å². The number of ketones is 2. The van der Waals surface area contributed by atoms with Crippen molar-refractivity contribution in [3.05, 3.63) is 48.8 Å². The monoisotopic (exact) mass is 272 g/mol. The van der Waals surface area contributed by atoms with E-state index in [4.69, 9.17) is 9.68 Å². The summed E-state index contributed by atoms with van der Waals surface area (Å²) in [6, 6.07) is 7.37. The van der Waals surface area contributed by atoms with Crippen molar-refractivity contribution < 1.29 is 19.3 Å². The lowest BCUT2D eigenvalue weighted by molar-refractivity contribution is -0.120. The molecule has 1 aromatic rings. The Hall–Kier alpha value is -2.44. The van der Waals surface area contributed by atoms with Crippen molar-refractivity contribution in [1.82, 2.24) is 0 Å². The second-order valence-electron chi connectivity index (χ2n) is 4.28. The summed E-state index contributed by atoms with van der Waals surface area (Å²) in [5.41, 5.74) is 1.53. The first kappa shape index (κ1) is 12.6. The molecule has 20 heavy (non-hydrogen) atoms. The van der Waals surface area contributed by atoms with Crippen LogP contribution in [0.25, 0.3) is 0 Å². The lowest BCUT2D eigenvalue weighted by Gasteiger charge is -2.25. The molecular formula is C14H12N2O4. The second-order valence-corrected chi connectivity index (χ2v) is 4.28. The summed E-state index contributed by atoms with van der Waals surface area (Å²) in [4.78, 5) is 32.8. The number of rotatable bonds is 2. The summed E-state index contributed by atoms with van der Waals surface area (Å²) in [6.45, 7) is 0.0463. The molecule has 6 heteroatoms. The van der Waals surface area contributed by atoms with E-state index in [1.165, 1.54) is 22.3 Å². The molecule has 0 unspecified atom stereocenters. The van der Waals surface area contributed by atoms with Gasteiger partial charge in [-0.2, -0.15) is 0 Å². The zero-order valence-corrected chi connectivity index (χ0v) is 10.6. The van der Waals surface area contributed by atoms with Gasteiger partial charge in [0.1, 0.15) is 13.2 Å². The van der Waals surface area contributed by atoms with Gasteiger partial charge < -0.3 is 0 Å². The number of carbonyl (C=O) groups is 2. The number of nitrogens with zero attached hydrogens (tertiary/aromatic N) is 2. The maximum Gasteiger partial charge on any atom is 0.185 e. The van der Waals surface area contributed by atoms with Crippen molar-refractivity contribution in [2.75, 3.05) is 23.3 Å². The van der Waals surface area contributed by atoms with Crippen LogP contribution in [0.1, 0.15) is 0 Å². The molecule has 0 fully saturated rings. The zero-order valence-electron chi connectivity index (χ0n) is 10.6. The molecule has 0 amide bonds. The number of hydroxylamine groups is 2. The summed E-state index contributed by atoms with van der Waals surface area (Å²) in [6.07, 6.45) is 6.07. The standard InChI is InChI=1S/C14H12N2O4/c17-13-4-6-15(19-9-13)11-2-1-3-12(8-11)16-7-5-14(18)10-20-16/h1-8H,9-10H2. The molecule has 0 aliphatic carbocycles. The van der Waals surface area contributed by atoms with Gasteiger partial charge in [-0.3, -0.25) is 19.3 Å². The lowest BCUT2D eigenvalue weighted by atomic mass is 10.2. The van der Waals surface area contributed by atoms with E-state index in [0.29, 0.717) is 0 Å². The highest BCUT2D eigenvalue weighted by Gasteiger charge is 2.15. The third kappa shape index (κ3) is 2.61. The number of carbonyl (C=O) groups excluding carboxylic acids is 2. The fraction of sp³-hybridized carbons (Fsp3) is 0.143. The Labute approximate surface area is 115 Å². The minimum Gasteiger partial charge on any atom is -0.292 e. The third-order valence-corrected chi connectivity index (χ3v) is 2.82. The van der Waals surface area contributed by atoms with E-state index in [0.717, 1.165) is 11.4 Å². The van der Waals surface area contributed by atoms with Crippen LogP contribution < -0.4 is 10.1 Å². The number of benzene rings is 1. The van der Waals surface area contributed by atoms with Crippen LogP contribution >= 0.6 is 0 Å². The predicted octanol–water partition coefficient (Wildman–Crippen LogP) is 1.36. The normalized spacial score (nSPS) is 18.8. The van der Waals surface area contributed by atoms with Gasteiger partial charge in [-0.15, -0.1) is 0 Å². The molecule has 102 valence electrons. The molecule has 0 aromatic heterocycles. The first-order chi connectivity index (χ1) is 9.72. The predicted molar refractivity (Wildman–Crippen MR) is 71.6 cm³/mol. The summed E-state index contributed by atoms with van der Waals surface area (Å²) in [5.74, 6) is -0.142. The van der Waals surface area contributed by atoms with Crippen molar-refractivity contribution in [1.29, 1.82) is 0 Å². The molecule has 3 rings (SSSR count). The van der Waals surface area contributed by atoms with Crippen LogP contribution in [0.3, 0.4) is 0 Å². The molecule has 6 nitrogen and oxygen atoms in total. The molecule has 0 N–H and O–H groups in total. The van der Waals surface area contributed by atoms with Gasteiger partial charge in [0.15, 0.2) is 11.6 Å². The van der Waals surface area contributed by atoms with Gasteiger partial charge in [0.2, 0.25) is 0 Å². The minimum atomic E-state index is -0.0711. The van der Waals surface area contributed by atoms with E-state index in [1.807, 2.05) is 24.3 Å². The Bertz CT molecular complexity index is 560. The fourth-order valence-corrected chi connectivity index (χ4v) is 1.84. The highest BCUT2D eigenvalue weighted by molar-refractivity contribution is 5.92. The maximum absolute atomic E-state index is 11.1. The molecule has 0 saturated carbocycles. The van der Waals surface area contributed by atoms with Gasteiger partial charge in [-0.05, 0) is 18.2 Å². The molecule has 0 saturated heterocycles. The quantitative estimate of drug-likeness (QED) is 0.810. The smallest absolute Gasteiger partial charge is 0.185 e. The number of hydrogen-bond acceptors (Lipinski definition) is 6. The van der Waals surface area contributed by atoms with Gasteiger partial charge in [-0.25, -0.2) is 10.1 Å². The van der Waals surface area contributed by atoms with E-state index in [9.17, 15) is 9.59 Å². The number of hydrogen-bond donors (Lipinski definition) is 0. The molecule has 0 atom stereocenters. The molecule has 2 heterocycles. The SMILES string of the molecule is O=C1C=CN(c2cccc(N3C=CC(=O)CO3)c2)OC1. The minimum absolute atomic E-state index is 0.0232. The first-order valence-electron chi connectivity index (χ1n) is 6.09. The van der Waals surface area contributed by atoms with Crippen molar-refractivity contribution in [2.24, 2.45) is 0 Å². The zero-order chi connectivity index (χ0) is 13.9. The van der Waals surface area contributed by atoms with Crippen molar-refractivity contribution in [3.63, 3.8) is 0 Å². The van der Waals surface area contributed by atoms with Crippen LogP contribution in [-0.2, 0) is 19.3 Å². The highest BCUT2D eigenvalue weighted by Crippen LogP contribution is 2.25. The van der Waals surface area contributed by atoms with Crippen LogP contribution in [0, 0.1) is 0 Å². The fourth-order valence-electron chi connectivity index (χ4n) is 1.84.